The van der Waals surface area contributed by atoms with Crippen LogP contribution in [0, 0.1) is 6.92 Å². The van der Waals surface area contributed by atoms with Gasteiger partial charge in [-0.3, -0.25) is 9.69 Å². The van der Waals surface area contributed by atoms with Gasteiger partial charge in [0, 0.05) is 45.8 Å². The quantitative estimate of drug-likeness (QED) is 0.834. The topological polar surface area (TPSA) is 58.8 Å². The molecule has 1 aromatic heterocycles. The standard InChI is InChI=1S/C19H25N3O3/c1-13-20-17(18(25-13)14-8-6-5-7-9-14)19(23)22(3)11-15-10-16(24-4)12-21(15)2/h5-9,15-16H,10-12H2,1-4H3/t15-,16-/m0/s1. The van der Waals surface area contributed by atoms with Crippen LogP contribution in [-0.2, 0) is 4.74 Å². The third-order valence-corrected chi connectivity index (χ3v) is 4.79. The molecular formula is C19H25N3O3. The number of rotatable bonds is 5. The van der Waals surface area contributed by atoms with Crippen LogP contribution in [0.2, 0.25) is 0 Å². The summed E-state index contributed by atoms with van der Waals surface area (Å²) in [6.07, 6.45) is 1.15. The summed E-state index contributed by atoms with van der Waals surface area (Å²) in [5.41, 5.74) is 1.23. The summed E-state index contributed by atoms with van der Waals surface area (Å²) in [5, 5.41) is 0. The van der Waals surface area contributed by atoms with Crippen molar-refractivity contribution in [1.82, 2.24) is 14.8 Å². The molecule has 0 radical (unpaired) electrons. The van der Waals surface area contributed by atoms with Gasteiger partial charge in [-0.2, -0.15) is 0 Å². The van der Waals surface area contributed by atoms with E-state index in [1.54, 1.807) is 18.9 Å². The molecule has 1 aromatic carbocycles. The number of aryl methyl sites for hydroxylation is 1. The van der Waals surface area contributed by atoms with Gasteiger partial charge in [-0.05, 0) is 13.5 Å². The molecule has 1 amide bonds. The summed E-state index contributed by atoms with van der Waals surface area (Å²) in [4.78, 5) is 21.3. The monoisotopic (exact) mass is 343 g/mol. The van der Waals surface area contributed by atoms with Crippen LogP contribution in [0.4, 0.5) is 0 Å². The highest BCUT2D eigenvalue weighted by molar-refractivity contribution is 5.97. The Balaban J connectivity index is 1.77. The first-order valence-corrected chi connectivity index (χ1v) is 8.51. The predicted octanol–water partition coefficient (Wildman–Crippen LogP) is 2.44. The molecule has 25 heavy (non-hydrogen) atoms. The lowest BCUT2D eigenvalue weighted by Crippen LogP contribution is -2.39. The predicted molar refractivity (Wildman–Crippen MR) is 95.5 cm³/mol. The van der Waals surface area contributed by atoms with Crippen LogP contribution in [0.3, 0.4) is 0 Å². The lowest BCUT2D eigenvalue weighted by molar-refractivity contribution is 0.0755. The van der Waals surface area contributed by atoms with E-state index in [2.05, 4.69) is 16.9 Å². The van der Waals surface area contributed by atoms with Crippen molar-refractivity contribution in [3.8, 4) is 11.3 Å². The molecule has 1 aliphatic heterocycles. The van der Waals surface area contributed by atoms with Gasteiger partial charge in [0.05, 0.1) is 6.10 Å². The Morgan fingerprint density at radius 1 is 1.40 bits per heavy atom. The number of methoxy groups -OCH3 is 1. The van der Waals surface area contributed by atoms with Crippen LogP contribution in [0.1, 0.15) is 22.8 Å². The molecule has 6 nitrogen and oxygen atoms in total. The number of ether oxygens (including phenoxy) is 1. The molecule has 0 N–H and O–H groups in total. The van der Waals surface area contributed by atoms with Gasteiger partial charge in [0.15, 0.2) is 17.3 Å². The fraction of sp³-hybridized carbons (Fsp3) is 0.474. The number of amides is 1. The number of hydrogen-bond donors (Lipinski definition) is 0. The zero-order valence-electron chi connectivity index (χ0n) is 15.2. The molecule has 134 valence electrons. The molecule has 1 fully saturated rings. The molecule has 0 bridgehead atoms. The van der Waals surface area contributed by atoms with Crippen molar-refractivity contribution in [3.05, 3.63) is 41.9 Å². The van der Waals surface area contributed by atoms with Crippen molar-refractivity contribution < 1.29 is 13.9 Å². The van der Waals surface area contributed by atoms with Crippen molar-refractivity contribution in [2.75, 3.05) is 34.3 Å². The Morgan fingerprint density at radius 2 is 2.12 bits per heavy atom. The SMILES string of the molecule is CO[C@H]1C[C@@H](CN(C)C(=O)c2nc(C)oc2-c2ccccc2)N(C)C1. The number of likely N-dealkylation sites (N-methyl/N-ethyl adjacent to an activating group) is 2. The maximum atomic E-state index is 13.0. The molecular weight excluding hydrogens is 318 g/mol. The van der Waals surface area contributed by atoms with E-state index in [1.165, 1.54) is 0 Å². The molecule has 2 atom stereocenters. The van der Waals surface area contributed by atoms with Gasteiger partial charge in [0.1, 0.15) is 0 Å². The molecule has 0 aliphatic carbocycles. The van der Waals surface area contributed by atoms with Gasteiger partial charge in [0.2, 0.25) is 0 Å². The highest BCUT2D eigenvalue weighted by atomic mass is 16.5. The van der Waals surface area contributed by atoms with Gasteiger partial charge < -0.3 is 14.1 Å². The molecule has 6 heteroatoms. The molecule has 1 saturated heterocycles. The first-order chi connectivity index (χ1) is 12.0. The van der Waals surface area contributed by atoms with Gasteiger partial charge >= 0.3 is 0 Å². The number of carbonyl (C=O) groups is 1. The number of oxazole rings is 1. The van der Waals surface area contributed by atoms with Crippen LogP contribution in [-0.4, -0.2) is 67.1 Å². The van der Waals surface area contributed by atoms with E-state index in [0.717, 1.165) is 18.5 Å². The Bertz CT molecular complexity index is 729. The minimum absolute atomic E-state index is 0.120. The van der Waals surface area contributed by atoms with Crippen molar-refractivity contribution in [2.45, 2.75) is 25.5 Å². The molecule has 2 heterocycles. The Labute approximate surface area is 148 Å². The third kappa shape index (κ3) is 3.75. The lowest BCUT2D eigenvalue weighted by atomic mass is 10.1. The Kier molecular flexibility index (Phi) is 5.20. The molecule has 0 unspecified atom stereocenters. The zero-order valence-corrected chi connectivity index (χ0v) is 15.2. The van der Waals surface area contributed by atoms with Crippen molar-refractivity contribution in [3.63, 3.8) is 0 Å². The van der Waals surface area contributed by atoms with Crippen molar-refractivity contribution in [1.29, 1.82) is 0 Å². The number of carbonyl (C=O) groups excluding carboxylic acids is 1. The summed E-state index contributed by atoms with van der Waals surface area (Å²) in [5.74, 6) is 0.905. The van der Waals surface area contributed by atoms with Crippen molar-refractivity contribution >= 4 is 5.91 Å². The number of likely N-dealkylation sites (tertiary alicyclic amines) is 1. The Hall–Kier alpha value is -2.18. The average Bonchev–Trinajstić information content (AvgIpc) is 3.18. The van der Waals surface area contributed by atoms with E-state index in [4.69, 9.17) is 9.15 Å². The second-order valence-electron chi connectivity index (χ2n) is 6.65. The van der Waals surface area contributed by atoms with Crippen LogP contribution < -0.4 is 0 Å². The van der Waals surface area contributed by atoms with Gasteiger partial charge in [-0.1, -0.05) is 30.3 Å². The molecule has 2 aromatic rings. The zero-order chi connectivity index (χ0) is 18.0. The van der Waals surface area contributed by atoms with Gasteiger partial charge in [-0.25, -0.2) is 4.98 Å². The van der Waals surface area contributed by atoms with Crippen molar-refractivity contribution in [2.24, 2.45) is 0 Å². The maximum Gasteiger partial charge on any atom is 0.276 e. The van der Waals surface area contributed by atoms with Crippen LogP contribution in [0.25, 0.3) is 11.3 Å². The third-order valence-electron chi connectivity index (χ3n) is 4.79. The summed E-state index contributed by atoms with van der Waals surface area (Å²) in [6.45, 7) is 3.29. The highest BCUT2D eigenvalue weighted by Gasteiger charge is 2.32. The molecule has 0 saturated carbocycles. The Morgan fingerprint density at radius 3 is 2.76 bits per heavy atom. The molecule has 0 spiro atoms. The highest BCUT2D eigenvalue weighted by Crippen LogP contribution is 2.26. The maximum absolute atomic E-state index is 13.0. The smallest absolute Gasteiger partial charge is 0.276 e. The first-order valence-electron chi connectivity index (χ1n) is 8.51. The molecule has 1 aliphatic rings. The lowest BCUT2D eigenvalue weighted by Gasteiger charge is -2.25. The van der Waals surface area contributed by atoms with Crippen LogP contribution >= 0.6 is 0 Å². The fourth-order valence-electron chi connectivity index (χ4n) is 3.35. The number of hydrogen-bond acceptors (Lipinski definition) is 5. The van der Waals surface area contributed by atoms with E-state index in [9.17, 15) is 4.79 Å². The number of benzene rings is 1. The summed E-state index contributed by atoms with van der Waals surface area (Å²) in [7, 11) is 5.62. The van der Waals surface area contributed by atoms with E-state index in [0.29, 0.717) is 23.9 Å². The number of aromatic nitrogens is 1. The number of nitrogens with zero attached hydrogens (tertiary/aromatic N) is 3. The van der Waals surface area contributed by atoms with E-state index < -0.39 is 0 Å². The van der Waals surface area contributed by atoms with E-state index in [1.807, 2.05) is 37.4 Å². The second kappa shape index (κ2) is 7.37. The van der Waals surface area contributed by atoms with E-state index in [-0.39, 0.29) is 18.1 Å². The average molecular weight is 343 g/mol. The fourth-order valence-corrected chi connectivity index (χ4v) is 3.35. The second-order valence-corrected chi connectivity index (χ2v) is 6.65. The minimum atomic E-state index is -0.120. The molecule has 3 rings (SSSR count). The largest absolute Gasteiger partial charge is 0.440 e. The van der Waals surface area contributed by atoms with Gasteiger partial charge in [-0.15, -0.1) is 0 Å². The summed E-state index contributed by atoms with van der Waals surface area (Å²) >= 11 is 0. The van der Waals surface area contributed by atoms with Gasteiger partial charge in [0.25, 0.3) is 5.91 Å². The summed E-state index contributed by atoms with van der Waals surface area (Å²) in [6, 6.07) is 9.90. The minimum Gasteiger partial charge on any atom is -0.440 e. The normalized spacial score (nSPS) is 20.8. The first kappa shape index (κ1) is 17.6. The van der Waals surface area contributed by atoms with E-state index >= 15 is 0 Å². The van der Waals surface area contributed by atoms with Crippen LogP contribution in [0.15, 0.2) is 34.7 Å². The summed E-state index contributed by atoms with van der Waals surface area (Å²) < 4.78 is 11.2. The van der Waals surface area contributed by atoms with Crippen LogP contribution in [0.5, 0.6) is 0 Å².